The van der Waals surface area contributed by atoms with E-state index in [2.05, 4.69) is 23.5 Å². The van der Waals surface area contributed by atoms with E-state index in [-0.39, 0.29) is 11.9 Å². The number of ether oxygens (including phenoxy) is 1. The number of nitrogens with one attached hydrogen (secondary N) is 2. The minimum Gasteiger partial charge on any atom is -0.497 e. The number of urea groups is 1. The average molecular weight is 328 g/mol. The molecule has 2 N–H and O–H groups in total. The van der Waals surface area contributed by atoms with Crippen LogP contribution < -0.4 is 15.0 Å². The summed E-state index contributed by atoms with van der Waals surface area (Å²) in [4.78, 5) is 26.0. The first-order valence-corrected chi connectivity index (χ1v) is 8.03. The molecule has 6 nitrogen and oxygen atoms in total. The third kappa shape index (κ3) is 3.49. The van der Waals surface area contributed by atoms with Gasteiger partial charge in [-0.1, -0.05) is 18.2 Å². The van der Waals surface area contributed by atoms with E-state index in [1.54, 1.807) is 7.11 Å². The lowest BCUT2D eigenvalue weighted by Gasteiger charge is -2.27. The highest BCUT2D eigenvalue weighted by molar-refractivity contribution is 5.96. The van der Waals surface area contributed by atoms with Gasteiger partial charge in [-0.15, -0.1) is 0 Å². The summed E-state index contributed by atoms with van der Waals surface area (Å²) < 4.78 is 5.24. The summed E-state index contributed by atoms with van der Waals surface area (Å²) >= 11 is 0. The molecule has 1 aliphatic heterocycles. The molecule has 126 valence electrons. The molecule has 0 aromatic heterocycles. The highest BCUT2D eigenvalue weighted by atomic mass is 16.5. The third-order valence-electron chi connectivity index (χ3n) is 4.21. The normalized spacial score (nSPS) is 16.2. The Hall–Kier alpha value is -2.60. The van der Waals surface area contributed by atoms with E-state index in [4.69, 9.17) is 4.74 Å². The minimum atomic E-state index is -0.295. The first kappa shape index (κ1) is 16.3. The Balaban J connectivity index is 1.69. The molecule has 1 saturated heterocycles. The molecule has 0 spiro atoms. The van der Waals surface area contributed by atoms with Crippen molar-refractivity contribution in [2.75, 3.05) is 27.4 Å². The number of imide groups is 1. The second kappa shape index (κ2) is 6.88. The van der Waals surface area contributed by atoms with Crippen molar-refractivity contribution in [3.63, 3.8) is 0 Å². The first-order chi connectivity index (χ1) is 11.6. The summed E-state index contributed by atoms with van der Waals surface area (Å²) in [5, 5.41) is 4.98. The Labute approximate surface area is 141 Å². The van der Waals surface area contributed by atoms with Crippen molar-refractivity contribution < 1.29 is 19.2 Å². The number of fused-ring (bicyclic) bond motifs is 1. The zero-order chi connectivity index (χ0) is 17.1. The van der Waals surface area contributed by atoms with Gasteiger partial charge in [-0.3, -0.25) is 4.79 Å². The van der Waals surface area contributed by atoms with Gasteiger partial charge in [0.15, 0.2) is 6.67 Å². The number of carbonyl (C=O) groups excluding carboxylic acids is 2. The molecule has 0 saturated carbocycles. The molecule has 0 aliphatic carbocycles. The Bertz CT molecular complexity index is 759. The van der Waals surface area contributed by atoms with Gasteiger partial charge in [-0.2, -0.15) is 0 Å². The first-order valence-electron chi connectivity index (χ1n) is 8.03. The molecule has 1 unspecified atom stereocenters. The number of quaternary nitrogens is 1. The highest BCUT2D eigenvalue weighted by Gasteiger charge is 2.28. The van der Waals surface area contributed by atoms with E-state index < -0.39 is 0 Å². The fourth-order valence-corrected chi connectivity index (χ4v) is 2.96. The highest BCUT2D eigenvalue weighted by Crippen LogP contribution is 2.21. The van der Waals surface area contributed by atoms with Gasteiger partial charge in [0.25, 0.3) is 0 Å². The topological polar surface area (TPSA) is 63.1 Å². The van der Waals surface area contributed by atoms with E-state index in [9.17, 15) is 9.59 Å². The van der Waals surface area contributed by atoms with E-state index >= 15 is 0 Å². The molecule has 1 aliphatic rings. The monoisotopic (exact) mass is 328 g/mol. The van der Waals surface area contributed by atoms with Crippen molar-refractivity contribution in [3.05, 3.63) is 42.0 Å². The number of hydrogen-bond acceptors (Lipinski definition) is 3. The van der Waals surface area contributed by atoms with Crippen LogP contribution in [0.3, 0.4) is 0 Å². The van der Waals surface area contributed by atoms with Crippen LogP contribution in [0.2, 0.25) is 0 Å². The summed E-state index contributed by atoms with van der Waals surface area (Å²) in [5.74, 6) is 0.733. The number of methoxy groups -OCH3 is 1. The molecular weight excluding hydrogens is 306 g/mol. The molecule has 24 heavy (non-hydrogen) atoms. The van der Waals surface area contributed by atoms with Gasteiger partial charge in [0.1, 0.15) is 12.3 Å². The molecule has 3 rings (SSSR count). The Morgan fingerprint density at radius 3 is 2.67 bits per heavy atom. The molecule has 0 radical (unpaired) electrons. The van der Waals surface area contributed by atoms with Gasteiger partial charge in [-0.25, -0.2) is 9.69 Å². The molecule has 1 heterocycles. The average Bonchev–Trinajstić information content (AvgIpc) is 2.58. The molecule has 2 aromatic rings. The van der Waals surface area contributed by atoms with Gasteiger partial charge >= 0.3 is 6.03 Å². The van der Waals surface area contributed by atoms with Crippen LogP contribution >= 0.6 is 0 Å². The van der Waals surface area contributed by atoms with Crippen LogP contribution in [0.4, 0.5) is 4.79 Å². The smallest absolute Gasteiger partial charge is 0.328 e. The van der Waals surface area contributed by atoms with Gasteiger partial charge in [0.05, 0.1) is 14.2 Å². The zero-order valence-electron chi connectivity index (χ0n) is 14.0. The molecule has 6 heteroatoms. The van der Waals surface area contributed by atoms with Crippen LogP contribution in [0.5, 0.6) is 5.75 Å². The largest absolute Gasteiger partial charge is 0.497 e. The maximum absolute atomic E-state index is 11.9. The van der Waals surface area contributed by atoms with E-state index in [0.717, 1.165) is 33.5 Å². The number of amides is 3. The van der Waals surface area contributed by atoms with Crippen molar-refractivity contribution >= 4 is 22.7 Å². The summed E-state index contributed by atoms with van der Waals surface area (Å²) in [6.45, 7) is 1.53. The van der Waals surface area contributed by atoms with Crippen molar-refractivity contribution in [3.8, 4) is 5.75 Å². The lowest BCUT2D eigenvalue weighted by Crippen LogP contribution is -3.09. The van der Waals surface area contributed by atoms with Crippen molar-refractivity contribution in [1.29, 1.82) is 0 Å². The Morgan fingerprint density at radius 2 is 1.92 bits per heavy atom. The summed E-state index contributed by atoms with van der Waals surface area (Å²) in [7, 11) is 3.64. The predicted molar refractivity (Wildman–Crippen MR) is 90.8 cm³/mol. The van der Waals surface area contributed by atoms with Gasteiger partial charge in [0, 0.05) is 18.5 Å². The fraction of sp³-hybridized carbons (Fsp3) is 0.333. The van der Waals surface area contributed by atoms with Crippen LogP contribution in [0, 0.1) is 0 Å². The second-order valence-corrected chi connectivity index (χ2v) is 6.14. The lowest BCUT2D eigenvalue weighted by atomic mass is 10.1. The number of nitrogens with zero attached hydrogens (tertiary/aromatic N) is 1. The van der Waals surface area contributed by atoms with Crippen molar-refractivity contribution in [2.45, 2.75) is 13.0 Å². The number of benzene rings is 2. The van der Waals surface area contributed by atoms with Gasteiger partial charge < -0.3 is 15.0 Å². The lowest BCUT2D eigenvalue weighted by molar-refractivity contribution is -0.901. The summed E-state index contributed by atoms with van der Waals surface area (Å²) in [6.07, 6.45) is 0.372. The fourth-order valence-electron chi connectivity index (χ4n) is 2.96. The quantitative estimate of drug-likeness (QED) is 0.852. The van der Waals surface area contributed by atoms with E-state index in [1.165, 1.54) is 4.90 Å². The molecule has 2 aromatic carbocycles. The molecule has 0 bridgehead atoms. The minimum absolute atomic E-state index is 0.108. The van der Waals surface area contributed by atoms with Crippen LogP contribution in [0.15, 0.2) is 36.4 Å². The molecule has 3 amide bonds. The zero-order valence-corrected chi connectivity index (χ0v) is 14.0. The second-order valence-electron chi connectivity index (χ2n) is 6.14. The Kier molecular flexibility index (Phi) is 4.66. The van der Waals surface area contributed by atoms with Gasteiger partial charge in [0.2, 0.25) is 5.91 Å². The van der Waals surface area contributed by atoms with Crippen LogP contribution in [0.25, 0.3) is 10.8 Å². The maximum Gasteiger partial charge on any atom is 0.328 e. The predicted octanol–water partition coefficient (Wildman–Crippen LogP) is 0.762. The van der Waals surface area contributed by atoms with Crippen molar-refractivity contribution in [1.82, 2.24) is 10.2 Å². The summed E-state index contributed by atoms with van der Waals surface area (Å²) in [6, 6.07) is 12.0. The standard InChI is InChI=1S/C18H21N3O3/c1-20(12-21-17(22)7-8-19-18(21)23)11-13-3-4-15-10-16(24-2)6-5-14(15)9-13/h3-6,9-10H,7-8,11-12H2,1-2H3,(H,19,23)/p+1. The maximum atomic E-state index is 11.9. The molecule has 1 atom stereocenters. The van der Waals surface area contributed by atoms with E-state index in [0.29, 0.717) is 19.6 Å². The Morgan fingerprint density at radius 1 is 1.17 bits per heavy atom. The SMILES string of the molecule is COc1ccc2cc(C[NH+](C)CN3C(=O)CCNC3=O)ccc2c1. The molecular formula is C18H22N3O3+. The molecule has 1 fully saturated rings. The number of hydrogen-bond donors (Lipinski definition) is 2. The van der Waals surface area contributed by atoms with Crippen LogP contribution in [-0.4, -0.2) is 44.2 Å². The van der Waals surface area contributed by atoms with Gasteiger partial charge in [-0.05, 0) is 29.0 Å². The van der Waals surface area contributed by atoms with Crippen molar-refractivity contribution in [2.24, 2.45) is 0 Å². The number of rotatable bonds is 5. The van der Waals surface area contributed by atoms with E-state index in [1.807, 2.05) is 25.2 Å². The van der Waals surface area contributed by atoms with Crippen LogP contribution in [0.1, 0.15) is 12.0 Å². The third-order valence-corrected chi connectivity index (χ3v) is 4.21. The number of carbonyl (C=O) groups is 2. The van der Waals surface area contributed by atoms with Crippen LogP contribution in [-0.2, 0) is 11.3 Å². The summed E-state index contributed by atoms with van der Waals surface area (Å²) in [5.41, 5.74) is 1.16.